The number of ether oxygens (including phenoxy) is 2. The van der Waals surface area contributed by atoms with Crippen LogP contribution in [0.3, 0.4) is 0 Å². The van der Waals surface area contributed by atoms with Gasteiger partial charge in [-0.3, -0.25) is 10.2 Å². The maximum atomic E-state index is 11.7. The number of aromatic nitrogens is 2. The molecule has 0 aliphatic heterocycles. The fraction of sp³-hybridized carbons (Fsp3) is 0.222. The first kappa shape index (κ1) is 18.2. The number of fused-ring (bicyclic) bond motifs is 1. The molecule has 0 atom stereocenters. The highest BCUT2D eigenvalue weighted by Crippen LogP contribution is 2.39. The number of carbonyl (C=O) groups is 1. The van der Waals surface area contributed by atoms with E-state index in [4.69, 9.17) is 15.3 Å². The largest absolute Gasteiger partial charge is 0.490 e. The van der Waals surface area contributed by atoms with Crippen molar-refractivity contribution in [3.63, 3.8) is 0 Å². The number of hydrazine groups is 1. The van der Waals surface area contributed by atoms with Crippen LogP contribution in [0.15, 0.2) is 34.8 Å². The summed E-state index contributed by atoms with van der Waals surface area (Å²) < 4.78 is 12.2. The topological polar surface area (TPSA) is 102 Å². The van der Waals surface area contributed by atoms with Crippen molar-refractivity contribution in [1.29, 1.82) is 0 Å². The van der Waals surface area contributed by atoms with E-state index in [9.17, 15) is 4.79 Å². The van der Waals surface area contributed by atoms with E-state index < -0.39 is 0 Å². The van der Waals surface area contributed by atoms with Gasteiger partial charge < -0.3 is 14.5 Å². The first-order valence-electron chi connectivity index (χ1n) is 8.17. The quantitative estimate of drug-likeness (QED) is 0.323. The molecule has 1 heterocycles. The summed E-state index contributed by atoms with van der Waals surface area (Å²) in [6, 6.07) is 8.95. The highest BCUT2D eigenvalue weighted by atomic mass is 79.9. The van der Waals surface area contributed by atoms with Crippen molar-refractivity contribution < 1.29 is 14.3 Å². The van der Waals surface area contributed by atoms with Crippen LogP contribution < -0.4 is 20.7 Å². The monoisotopic (exact) mass is 418 g/mol. The third kappa shape index (κ3) is 3.51. The van der Waals surface area contributed by atoms with E-state index >= 15 is 0 Å². The first-order chi connectivity index (χ1) is 12.6. The van der Waals surface area contributed by atoms with Crippen molar-refractivity contribution in [2.75, 3.05) is 13.2 Å². The van der Waals surface area contributed by atoms with Gasteiger partial charge in [0.2, 0.25) is 0 Å². The van der Waals surface area contributed by atoms with Gasteiger partial charge in [-0.2, -0.15) is 0 Å². The number of imidazole rings is 1. The van der Waals surface area contributed by atoms with Crippen LogP contribution in [0.5, 0.6) is 11.5 Å². The minimum atomic E-state index is -0.356. The van der Waals surface area contributed by atoms with Gasteiger partial charge in [-0.05, 0) is 60.1 Å². The summed E-state index contributed by atoms with van der Waals surface area (Å²) in [6.07, 6.45) is 0. The number of amides is 1. The normalized spacial score (nSPS) is 10.8. The molecular weight excluding hydrogens is 400 g/mol. The number of H-pyrrole nitrogens is 1. The lowest BCUT2D eigenvalue weighted by molar-refractivity contribution is 0.0954. The molecule has 0 saturated carbocycles. The number of benzene rings is 2. The van der Waals surface area contributed by atoms with Crippen LogP contribution in [0.2, 0.25) is 0 Å². The summed E-state index contributed by atoms with van der Waals surface area (Å²) >= 11 is 3.54. The average Bonchev–Trinajstić information content (AvgIpc) is 3.07. The highest BCUT2D eigenvalue weighted by Gasteiger charge is 2.15. The molecule has 0 saturated heterocycles. The molecule has 7 nitrogen and oxygen atoms in total. The second-order valence-electron chi connectivity index (χ2n) is 5.44. The van der Waals surface area contributed by atoms with Crippen molar-refractivity contribution in [3.05, 3.63) is 40.4 Å². The first-order valence-corrected chi connectivity index (χ1v) is 8.96. The Labute approximate surface area is 159 Å². The Kier molecular flexibility index (Phi) is 5.43. The second kappa shape index (κ2) is 7.76. The van der Waals surface area contributed by atoms with Crippen LogP contribution in [0, 0.1) is 0 Å². The summed E-state index contributed by atoms with van der Waals surface area (Å²) in [5.41, 5.74) is 4.90. The zero-order chi connectivity index (χ0) is 18.7. The molecule has 1 amide bonds. The molecule has 0 aliphatic rings. The number of nitrogens with zero attached hydrogens (tertiary/aromatic N) is 1. The van der Waals surface area contributed by atoms with Crippen LogP contribution in [0.25, 0.3) is 22.4 Å². The zero-order valence-corrected chi connectivity index (χ0v) is 16.0. The van der Waals surface area contributed by atoms with E-state index in [-0.39, 0.29) is 5.91 Å². The number of hydrogen-bond acceptors (Lipinski definition) is 5. The standard InChI is InChI=1S/C18H19BrN4O3/c1-3-25-15-9-11(7-12(19)16(15)26-4-2)17-21-13-6-5-10(18(24)23-20)8-14(13)22-17/h5-9H,3-4,20H2,1-2H3,(H,21,22)(H,23,24). The van der Waals surface area contributed by atoms with E-state index in [1.54, 1.807) is 18.2 Å². The van der Waals surface area contributed by atoms with Crippen LogP contribution in [-0.4, -0.2) is 29.1 Å². The van der Waals surface area contributed by atoms with Gasteiger partial charge in [0, 0.05) is 11.1 Å². The van der Waals surface area contributed by atoms with E-state index in [0.29, 0.717) is 36.1 Å². The van der Waals surface area contributed by atoms with Crippen molar-refractivity contribution in [1.82, 2.24) is 15.4 Å². The molecule has 0 unspecified atom stereocenters. The predicted octanol–water partition coefficient (Wildman–Crippen LogP) is 3.39. The molecule has 0 bridgehead atoms. The Morgan fingerprint density at radius 2 is 2.00 bits per heavy atom. The second-order valence-corrected chi connectivity index (χ2v) is 6.30. The Balaban J connectivity index is 2.06. The minimum absolute atomic E-state index is 0.356. The van der Waals surface area contributed by atoms with Crippen LogP contribution in [0.4, 0.5) is 0 Å². The maximum Gasteiger partial charge on any atom is 0.265 e. The summed E-state index contributed by atoms with van der Waals surface area (Å²) in [5, 5.41) is 0. The molecule has 0 spiro atoms. The molecule has 8 heteroatoms. The van der Waals surface area contributed by atoms with Gasteiger partial charge in [-0.1, -0.05) is 0 Å². The van der Waals surface area contributed by atoms with Crippen LogP contribution in [0.1, 0.15) is 24.2 Å². The Morgan fingerprint density at radius 1 is 1.23 bits per heavy atom. The van der Waals surface area contributed by atoms with E-state index in [1.165, 1.54) is 0 Å². The van der Waals surface area contributed by atoms with Gasteiger partial charge in [0.15, 0.2) is 11.5 Å². The van der Waals surface area contributed by atoms with E-state index in [1.807, 2.05) is 26.0 Å². The average molecular weight is 419 g/mol. The summed E-state index contributed by atoms with van der Waals surface area (Å²) in [5.74, 6) is 6.80. The number of nitrogen functional groups attached to an aromatic ring is 1. The lowest BCUT2D eigenvalue weighted by Gasteiger charge is -2.13. The van der Waals surface area contributed by atoms with Crippen molar-refractivity contribution in [2.24, 2.45) is 5.84 Å². The van der Waals surface area contributed by atoms with E-state index in [2.05, 4.69) is 31.3 Å². The number of nitrogens with one attached hydrogen (secondary N) is 2. The molecular formula is C18H19BrN4O3. The Morgan fingerprint density at radius 3 is 2.69 bits per heavy atom. The van der Waals surface area contributed by atoms with Crippen molar-refractivity contribution >= 4 is 32.9 Å². The molecule has 4 N–H and O–H groups in total. The SMILES string of the molecule is CCOc1cc(-c2nc3ccc(C(=O)NN)cc3[nH]2)cc(Br)c1OCC. The number of nitrogens with two attached hydrogens (primary N) is 1. The zero-order valence-electron chi connectivity index (χ0n) is 14.4. The minimum Gasteiger partial charge on any atom is -0.490 e. The van der Waals surface area contributed by atoms with Crippen molar-refractivity contribution in [2.45, 2.75) is 13.8 Å². The lowest BCUT2D eigenvalue weighted by atomic mass is 10.2. The molecule has 2 aromatic carbocycles. The third-order valence-corrected chi connectivity index (χ3v) is 4.34. The highest BCUT2D eigenvalue weighted by molar-refractivity contribution is 9.10. The summed E-state index contributed by atoms with van der Waals surface area (Å²) in [4.78, 5) is 19.5. The number of rotatable bonds is 6. The molecule has 3 rings (SSSR count). The number of halogens is 1. The molecule has 136 valence electrons. The van der Waals surface area contributed by atoms with E-state index in [0.717, 1.165) is 21.1 Å². The lowest BCUT2D eigenvalue weighted by Crippen LogP contribution is -2.29. The molecule has 26 heavy (non-hydrogen) atoms. The summed E-state index contributed by atoms with van der Waals surface area (Å²) in [6.45, 7) is 4.90. The number of hydrogen-bond donors (Lipinski definition) is 3. The Bertz CT molecular complexity index is 955. The van der Waals surface area contributed by atoms with Crippen LogP contribution >= 0.6 is 15.9 Å². The van der Waals surface area contributed by atoms with Crippen LogP contribution in [-0.2, 0) is 0 Å². The maximum absolute atomic E-state index is 11.7. The molecule has 1 aromatic heterocycles. The molecule has 0 radical (unpaired) electrons. The molecule has 3 aromatic rings. The van der Waals surface area contributed by atoms with Gasteiger partial charge in [-0.15, -0.1) is 0 Å². The number of aromatic amines is 1. The smallest absolute Gasteiger partial charge is 0.265 e. The molecule has 0 aliphatic carbocycles. The predicted molar refractivity (Wildman–Crippen MR) is 103 cm³/mol. The fourth-order valence-electron chi connectivity index (χ4n) is 2.62. The molecule has 0 fully saturated rings. The Hall–Kier alpha value is -2.58. The van der Waals surface area contributed by atoms with Gasteiger partial charge >= 0.3 is 0 Å². The van der Waals surface area contributed by atoms with Gasteiger partial charge in [0.1, 0.15) is 5.82 Å². The van der Waals surface area contributed by atoms with Gasteiger partial charge in [-0.25, -0.2) is 10.8 Å². The van der Waals surface area contributed by atoms with Gasteiger partial charge in [0.25, 0.3) is 5.91 Å². The fourth-order valence-corrected chi connectivity index (χ4v) is 3.18. The van der Waals surface area contributed by atoms with Crippen molar-refractivity contribution in [3.8, 4) is 22.9 Å². The summed E-state index contributed by atoms with van der Waals surface area (Å²) in [7, 11) is 0. The van der Waals surface area contributed by atoms with Gasteiger partial charge in [0.05, 0.1) is 28.7 Å². The third-order valence-electron chi connectivity index (χ3n) is 3.75. The number of carbonyl (C=O) groups excluding carboxylic acids is 1.